The summed E-state index contributed by atoms with van der Waals surface area (Å²) in [4.78, 5) is 12.1. The summed E-state index contributed by atoms with van der Waals surface area (Å²) in [6.07, 6.45) is 4.30. The zero-order valence-electron chi connectivity index (χ0n) is 16.0. The lowest BCUT2D eigenvalue weighted by atomic mass is 9.99. The molecule has 3 aromatic rings. The lowest BCUT2D eigenvalue weighted by Gasteiger charge is -2.11. The molecule has 27 heavy (non-hydrogen) atoms. The number of carbonyl (C=O) groups is 1. The van der Waals surface area contributed by atoms with Gasteiger partial charge in [0, 0.05) is 35.2 Å². The van der Waals surface area contributed by atoms with Crippen molar-refractivity contribution in [1.82, 2.24) is 5.32 Å². The summed E-state index contributed by atoms with van der Waals surface area (Å²) >= 11 is 0. The van der Waals surface area contributed by atoms with Crippen LogP contribution in [0.5, 0.6) is 5.75 Å². The summed E-state index contributed by atoms with van der Waals surface area (Å²) in [6, 6.07) is 14.1. The number of furan rings is 1. The normalized spacial score (nSPS) is 11.6. The van der Waals surface area contributed by atoms with E-state index in [9.17, 15) is 4.79 Å². The highest BCUT2D eigenvalue weighted by Gasteiger charge is 2.15. The van der Waals surface area contributed by atoms with Gasteiger partial charge in [-0.15, -0.1) is 0 Å². The van der Waals surface area contributed by atoms with Crippen LogP contribution in [0.3, 0.4) is 0 Å². The van der Waals surface area contributed by atoms with Crippen molar-refractivity contribution in [1.29, 1.82) is 0 Å². The van der Waals surface area contributed by atoms with Gasteiger partial charge >= 0.3 is 0 Å². The van der Waals surface area contributed by atoms with Gasteiger partial charge in [0.15, 0.2) is 0 Å². The van der Waals surface area contributed by atoms with Crippen LogP contribution in [0, 0.1) is 0 Å². The third-order valence-corrected chi connectivity index (χ3v) is 4.38. The van der Waals surface area contributed by atoms with Gasteiger partial charge in [-0.3, -0.25) is 4.79 Å². The highest BCUT2D eigenvalue weighted by Crippen LogP contribution is 2.37. The molecule has 0 bridgehead atoms. The van der Waals surface area contributed by atoms with E-state index >= 15 is 0 Å². The van der Waals surface area contributed by atoms with Gasteiger partial charge in [0.1, 0.15) is 11.3 Å². The van der Waals surface area contributed by atoms with Crippen molar-refractivity contribution in [2.75, 3.05) is 13.2 Å². The van der Waals surface area contributed by atoms with Crippen LogP contribution in [0.4, 0.5) is 0 Å². The Morgan fingerprint density at radius 1 is 1.19 bits per heavy atom. The van der Waals surface area contributed by atoms with E-state index in [0.29, 0.717) is 13.2 Å². The van der Waals surface area contributed by atoms with E-state index in [1.54, 1.807) is 12.3 Å². The fraction of sp³-hybridized carbons (Fsp3) is 0.261. The first-order valence-corrected chi connectivity index (χ1v) is 9.34. The highest BCUT2D eigenvalue weighted by atomic mass is 16.5. The lowest BCUT2D eigenvalue weighted by Crippen LogP contribution is -2.21. The Morgan fingerprint density at radius 3 is 2.67 bits per heavy atom. The standard InChI is InChI=1S/C23H25NO3/c1-4-11-24-23(25)12-16(3)18-13-19-20(17-9-7-6-8-10-17)15-27-22(19)14-21(18)26-5-2/h6-10,12-15H,4-5,11H2,1-3H3,(H,24,25)/b16-12+. The predicted molar refractivity (Wildman–Crippen MR) is 110 cm³/mol. The van der Waals surface area contributed by atoms with E-state index in [0.717, 1.165) is 45.4 Å². The maximum absolute atomic E-state index is 12.1. The quantitative estimate of drug-likeness (QED) is 0.570. The van der Waals surface area contributed by atoms with E-state index in [1.807, 2.05) is 51.1 Å². The Balaban J connectivity index is 2.08. The van der Waals surface area contributed by atoms with Crippen LogP contribution in [0.25, 0.3) is 27.7 Å². The molecule has 4 nitrogen and oxygen atoms in total. The topological polar surface area (TPSA) is 51.5 Å². The van der Waals surface area contributed by atoms with Gasteiger partial charge in [-0.2, -0.15) is 0 Å². The second-order valence-corrected chi connectivity index (χ2v) is 6.41. The van der Waals surface area contributed by atoms with Crippen LogP contribution in [0.15, 0.2) is 59.2 Å². The minimum absolute atomic E-state index is 0.0904. The van der Waals surface area contributed by atoms with Gasteiger partial charge in [-0.25, -0.2) is 0 Å². The number of amides is 1. The summed E-state index contributed by atoms with van der Waals surface area (Å²) in [5, 5.41) is 3.88. The summed E-state index contributed by atoms with van der Waals surface area (Å²) < 4.78 is 11.6. The van der Waals surface area contributed by atoms with Gasteiger partial charge in [0.25, 0.3) is 0 Å². The van der Waals surface area contributed by atoms with Crippen molar-refractivity contribution in [3.8, 4) is 16.9 Å². The van der Waals surface area contributed by atoms with Crippen LogP contribution in [-0.2, 0) is 4.79 Å². The molecular formula is C23H25NO3. The van der Waals surface area contributed by atoms with E-state index in [2.05, 4.69) is 17.4 Å². The largest absolute Gasteiger partial charge is 0.493 e. The summed E-state index contributed by atoms with van der Waals surface area (Å²) in [6.45, 7) is 7.11. The number of ether oxygens (including phenoxy) is 1. The molecule has 2 aromatic carbocycles. The Bertz CT molecular complexity index is 954. The zero-order chi connectivity index (χ0) is 19.2. The molecule has 0 aliphatic rings. The van der Waals surface area contributed by atoms with Crippen LogP contribution >= 0.6 is 0 Å². The second kappa shape index (κ2) is 8.58. The molecule has 0 radical (unpaired) electrons. The van der Waals surface area contributed by atoms with Crippen LogP contribution < -0.4 is 10.1 Å². The van der Waals surface area contributed by atoms with Crippen molar-refractivity contribution >= 4 is 22.4 Å². The van der Waals surface area contributed by atoms with E-state index in [4.69, 9.17) is 9.15 Å². The third-order valence-electron chi connectivity index (χ3n) is 4.38. The molecule has 4 heteroatoms. The number of hydrogen-bond donors (Lipinski definition) is 1. The predicted octanol–water partition coefficient (Wildman–Crippen LogP) is 5.43. The fourth-order valence-electron chi connectivity index (χ4n) is 3.05. The van der Waals surface area contributed by atoms with E-state index in [-0.39, 0.29) is 5.91 Å². The second-order valence-electron chi connectivity index (χ2n) is 6.41. The number of allylic oxidation sites excluding steroid dienone is 1. The first-order chi connectivity index (χ1) is 13.1. The Kier molecular flexibility index (Phi) is 5.97. The molecule has 140 valence electrons. The van der Waals surface area contributed by atoms with Crippen LogP contribution in [0.1, 0.15) is 32.8 Å². The van der Waals surface area contributed by atoms with E-state index < -0.39 is 0 Å². The zero-order valence-corrected chi connectivity index (χ0v) is 16.0. The minimum Gasteiger partial charge on any atom is -0.493 e. The molecule has 0 atom stereocenters. The first kappa shape index (κ1) is 18.8. The van der Waals surface area contributed by atoms with Crippen LogP contribution in [0.2, 0.25) is 0 Å². The Morgan fingerprint density at radius 2 is 1.96 bits per heavy atom. The number of benzene rings is 2. The maximum atomic E-state index is 12.1. The Labute approximate surface area is 159 Å². The number of fused-ring (bicyclic) bond motifs is 1. The molecule has 1 N–H and O–H groups in total. The molecule has 0 unspecified atom stereocenters. The fourth-order valence-corrected chi connectivity index (χ4v) is 3.05. The average Bonchev–Trinajstić information content (AvgIpc) is 3.09. The van der Waals surface area contributed by atoms with Crippen molar-refractivity contribution in [3.05, 3.63) is 60.4 Å². The molecule has 3 rings (SSSR count). The van der Waals surface area contributed by atoms with E-state index in [1.165, 1.54) is 0 Å². The molecule has 1 amide bonds. The van der Waals surface area contributed by atoms with Gasteiger partial charge in [0.2, 0.25) is 5.91 Å². The lowest BCUT2D eigenvalue weighted by molar-refractivity contribution is -0.116. The third kappa shape index (κ3) is 4.22. The molecule has 0 aliphatic heterocycles. The summed E-state index contributed by atoms with van der Waals surface area (Å²) in [7, 11) is 0. The number of nitrogens with one attached hydrogen (secondary N) is 1. The monoisotopic (exact) mass is 363 g/mol. The van der Waals surface area contributed by atoms with Gasteiger partial charge in [0.05, 0.1) is 12.9 Å². The number of carbonyl (C=O) groups excluding carboxylic acids is 1. The molecule has 1 aromatic heterocycles. The van der Waals surface area contributed by atoms with Crippen LogP contribution in [-0.4, -0.2) is 19.1 Å². The smallest absolute Gasteiger partial charge is 0.244 e. The molecule has 0 saturated carbocycles. The first-order valence-electron chi connectivity index (χ1n) is 9.34. The molecule has 0 fully saturated rings. The highest BCUT2D eigenvalue weighted by molar-refractivity contribution is 6.00. The molecular weight excluding hydrogens is 338 g/mol. The summed E-state index contributed by atoms with van der Waals surface area (Å²) in [5.74, 6) is 0.628. The molecule has 1 heterocycles. The molecule has 0 aliphatic carbocycles. The molecule has 0 saturated heterocycles. The van der Waals surface area contributed by atoms with Crippen molar-refractivity contribution in [2.24, 2.45) is 0 Å². The summed E-state index contributed by atoms with van der Waals surface area (Å²) in [5.41, 5.74) is 4.64. The maximum Gasteiger partial charge on any atom is 0.244 e. The average molecular weight is 363 g/mol. The van der Waals surface area contributed by atoms with Crippen molar-refractivity contribution < 1.29 is 13.9 Å². The Hall–Kier alpha value is -3.01. The van der Waals surface area contributed by atoms with Gasteiger partial charge in [-0.05, 0) is 37.5 Å². The minimum atomic E-state index is -0.0904. The van der Waals surface area contributed by atoms with Gasteiger partial charge < -0.3 is 14.5 Å². The van der Waals surface area contributed by atoms with Crippen molar-refractivity contribution in [2.45, 2.75) is 27.2 Å². The van der Waals surface area contributed by atoms with Crippen molar-refractivity contribution in [3.63, 3.8) is 0 Å². The number of rotatable bonds is 7. The SMILES string of the molecule is CCCNC(=O)/C=C(\C)c1cc2c(-c3ccccc3)coc2cc1OCC. The van der Waals surface area contributed by atoms with Gasteiger partial charge in [-0.1, -0.05) is 37.3 Å². The molecule has 0 spiro atoms. The number of hydrogen-bond acceptors (Lipinski definition) is 3.